The number of hydrogen-bond donors (Lipinski definition) is 1. The second-order valence-electron chi connectivity index (χ2n) is 4.58. The van der Waals surface area contributed by atoms with E-state index in [9.17, 15) is 4.79 Å². The van der Waals surface area contributed by atoms with Crippen molar-refractivity contribution in [1.82, 2.24) is 9.97 Å². The molecule has 1 N–H and O–H groups in total. The van der Waals surface area contributed by atoms with Crippen molar-refractivity contribution in [3.8, 4) is 6.07 Å². The van der Waals surface area contributed by atoms with Crippen LogP contribution in [0.25, 0.3) is 0 Å². The van der Waals surface area contributed by atoms with Gasteiger partial charge in [0.1, 0.15) is 17.5 Å². The first-order chi connectivity index (χ1) is 7.70. The molecule has 4 nitrogen and oxygen atoms in total. The zero-order valence-electron chi connectivity index (χ0n) is 9.36. The van der Waals surface area contributed by atoms with Crippen LogP contribution >= 0.6 is 0 Å². The van der Waals surface area contributed by atoms with Crippen LogP contribution in [0.3, 0.4) is 0 Å². The predicted octanol–water partition coefficient (Wildman–Crippen LogP) is 1.94. The Morgan fingerprint density at radius 1 is 1.44 bits per heavy atom. The van der Waals surface area contributed by atoms with Crippen LogP contribution in [0.5, 0.6) is 0 Å². The molecule has 0 spiro atoms. The van der Waals surface area contributed by atoms with Crippen LogP contribution in [0.4, 0.5) is 0 Å². The number of hydrogen-bond acceptors (Lipinski definition) is 3. The van der Waals surface area contributed by atoms with Gasteiger partial charge in [0, 0.05) is 5.92 Å². The number of aromatic nitrogens is 2. The lowest BCUT2D eigenvalue weighted by Crippen LogP contribution is -2.19. The smallest absolute Gasteiger partial charge is 0.268 e. The van der Waals surface area contributed by atoms with Crippen molar-refractivity contribution in [3.05, 3.63) is 27.9 Å². The summed E-state index contributed by atoms with van der Waals surface area (Å²) in [6.07, 6.45) is 5.92. The fourth-order valence-electron chi connectivity index (χ4n) is 2.23. The predicted molar refractivity (Wildman–Crippen MR) is 59.9 cm³/mol. The maximum atomic E-state index is 11.5. The molecular weight excluding hydrogens is 202 g/mol. The van der Waals surface area contributed by atoms with E-state index in [-0.39, 0.29) is 11.1 Å². The lowest BCUT2D eigenvalue weighted by atomic mass is 9.82. The van der Waals surface area contributed by atoms with E-state index in [4.69, 9.17) is 5.26 Å². The minimum atomic E-state index is -0.314. The van der Waals surface area contributed by atoms with Gasteiger partial charge < -0.3 is 4.98 Å². The monoisotopic (exact) mass is 217 g/mol. The van der Waals surface area contributed by atoms with Crippen molar-refractivity contribution in [2.45, 2.75) is 38.5 Å². The first-order valence-corrected chi connectivity index (χ1v) is 5.70. The van der Waals surface area contributed by atoms with Gasteiger partial charge in [0.15, 0.2) is 0 Å². The molecule has 1 aliphatic rings. The molecule has 0 saturated heterocycles. The van der Waals surface area contributed by atoms with Gasteiger partial charge in [0.05, 0.1) is 6.20 Å². The number of aromatic amines is 1. The molecule has 1 saturated carbocycles. The Morgan fingerprint density at radius 3 is 2.69 bits per heavy atom. The van der Waals surface area contributed by atoms with Crippen LogP contribution in [0.15, 0.2) is 11.0 Å². The zero-order chi connectivity index (χ0) is 11.5. The maximum absolute atomic E-state index is 11.5. The van der Waals surface area contributed by atoms with Gasteiger partial charge in [-0.05, 0) is 18.8 Å². The van der Waals surface area contributed by atoms with Gasteiger partial charge in [-0.3, -0.25) is 4.79 Å². The Bertz CT molecular complexity index is 464. The van der Waals surface area contributed by atoms with E-state index in [1.54, 1.807) is 0 Å². The summed E-state index contributed by atoms with van der Waals surface area (Å²) in [5.41, 5.74) is -0.223. The van der Waals surface area contributed by atoms with Crippen LogP contribution in [0.1, 0.15) is 49.9 Å². The summed E-state index contributed by atoms with van der Waals surface area (Å²) in [4.78, 5) is 18.4. The lowest BCUT2D eigenvalue weighted by Gasteiger charge is -2.25. The Morgan fingerprint density at radius 2 is 2.12 bits per heavy atom. The summed E-state index contributed by atoms with van der Waals surface area (Å²) < 4.78 is 0. The molecule has 1 heterocycles. The molecule has 0 aliphatic heterocycles. The van der Waals surface area contributed by atoms with Crippen LogP contribution in [0.2, 0.25) is 0 Å². The van der Waals surface area contributed by atoms with E-state index in [2.05, 4.69) is 16.9 Å². The van der Waals surface area contributed by atoms with Crippen molar-refractivity contribution in [2.24, 2.45) is 5.92 Å². The Kier molecular flexibility index (Phi) is 3.04. The molecule has 2 rings (SSSR count). The fourth-order valence-corrected chi connectivity index (χ4v) is 2.23. The highest BCUT2D eigenvalue weighted by atomic mass is 16.1. The summed E-state index contributed by atoms with van der Waals surface area (Å²) in [5, 5.41) is 8.64. The van der Waals surface area contributed by atoms with Crippen molar-refractivity contribution in [3.63, 3.8) is 0 Å². The number of nitrogens with one attached hydrogen (secondary N) is 1. The summed E-state index contributed by atoms with van der Waals surface area (Å²) in [5.74, 6) is 1.88. The third-order valence-electron chi connectivity index (χ3n) is 3.34. The first-order valence-electron chi connectivity index (χ1n) is 5.70. The zero-order valence-corrected chi connectivity index (χ0v) is 9.36. The number of H-pyrrole nitrogens is 1. The normalized spacial score (nSPS) is 25.0. The van der Waals surface area contributed by atoms with Crippen LogP contribution in [0, 0.1) is 17.2 Å². The molecule has 0 bridgehead atoms. The van der Waals surface area contributed by atoms with Crippen LogP contribution in [-0.2, 0) is 0 Å². The van der Waals surface area contributed by atoms with E-state index in [0.29, 0.717) is 5.92 Å². The highest BCUT2D eigenvalue weighted by Crippen LogP contribution is 2.33. The lowest BCUT2D eigenvalue weighted by molar-refractivity contribution is 0.339. The van der Waals surface area contributed by atoms with Gasteiger partial charge in [-0.1, -0.05) is 19.8 Å². The molecule has 1 aliphatic carbocycles. The second-order valence-corrected chi connectivity index (χ2v) is 4.58. The fraction of sp³-hybridized carbons (Fsp3) is 0.583. The highest BCUT2D eigenvalue weighted by Gasteiger charge is 2.21. The van der Waals surface area contributed by atoms with Crippen LogP contribution < -0.4 is 5.56 Å². The van der Waals surface area contributed by atoms with Gasteiger partial charge >= 0.3 is 0 Å². The molecule has 0 aromatic carbocycles. The van der Waals surface area contributed by atoms with Crippen molar-refractivity contribution < 1.29 is 0 Å². The minimum absolute atomic E-state index is 0.0907. The summed E-state index contributed by atoms with van der Waals surface area (Å²) in [6.45, 7) is 2.26. The molecule has 0 unspecified atom stereocenters. The molecule has 16 heavy (non-hydrogen) atoms. The minimum Gasteiger partial charge on any atom is -0.309 e. The topological polar surface area (TPSA) is 69.5 Å². The molecule has 1 fully saturated rings. The van der Waals surface area contributed by atoms with E-state index >= 15 is 0 Å². The summed E-state index contributed by atoms with van der Waals surface area (Å²) >= 11 is 0. The average Bonchev–Trinajstić information content (AvgIpc) is 2.30. The van der Waals surface area contributed by atoms with Gasteiger partial charge in [0.2, 0.25) is 0 Å². The average molecular weight is 217 g/mol. The first kappa shape index (κ1) is 10.9. The molecule has 1 aromatic heterocycles. The van der Waals surface area contributed by atoms with E-state index in [1.165, 1.54) is 19.0 Å². The molecule has 0 radical (unpaired) electrons. The highest BCUT2D eigenvalue weighted by molar-refractivity contribution is 5.22. The van der Waals surface area contributed by atoms with Gasteiger partial charge in [-0.15, -0.1) is 0 Å². The standard InChI is InChI=1S/C12H15N3O/c1-8-2-4-9(5-3-8)11-14-7-10(6-13)12(16)15-11/h7-9H,2-5H2,1H3,(H,14,15,16). The van der Waals surface area contributed by atoms with Gasteiger partial charge in [-0.25, -0.2) is 4.98 Å². The van der Waals surface area contributed by atoms with E-state index < -0.39 is 0 Å². The Hall–Kier alpha value is -1.63. The Labute approximate surface area is 94.3 Å². The third kappa shape index (κ3) is 2.13. The molecule has 84 valence electrons. The van der Waals surface area contributed by atoms with Crippen LogP contribution in [-0.4, -0.2) is 9.97 Å². The summed E-state index contributed by atoms with van der Waals surface area (Å²) in [7, 11) is 0. The van der Waals surface area contributed by atoms with Crippen molar-refractivity contribution in [1.29, 1.82) is 5.26 Å². The number of nitriles is 1. The van der Waals surface area contributed by atoms with E-state index in [0.717, 1.165) is 24.6 Å². The van der Waals surface area contributed by atoms with Gasteiger partial charge in [0.25, 0.3) is 5.56 Å². The summed E-state index contributed by atoms with van der Waals surface area (Å²) in [6, 6.07) is 1.83. The van der Waals surface area contributed by atoms with Crippen molar-refractivity contribution >= 4 is 0 Å². The largest absolute Gasteiger partial charge is 0.309 e. The third-order valence-corrected chi connectivity index (χ3v) is 3.34. The quantitative estimate of drug-likeness (QED) is 0.781. The van der Waals surface area contributed by atoms with Gasteiger partial charge in [-0.2, -0.15) is 5.26 Å². The Balaban J connectivity index is 2.19. The number of rotatable bonds is 1. The van der Waals surface area contributed by atoms with E-state index in [1.807, 2.05) is 6.07 Å². The molecule has 0 amide bonds. The second kappa shape index (κ2) is 4.48. The molecule has 4 heteroatoms. The molecule has 0 atom stereocenters. The molecular formula is C12H15N3O. The number of nitrogens with zero attached hydrogens (tertiary/aromatic N) is 2. The SMILES string of the molecule is CC1CCC(c2ncc(C#N)c(=O)[nH]2)CC1. The van der Waals surface area contributed by atoms with Crippen molar-refractivity contribution in [2.75, 3.05) is 0 Å². The molecule has 1 aromatic rings. The maximum Gasteiger partial charge on any atom is 0.268 e.